The number of hydrogen-bond donors (Lipinski definition) is 3. The highest BCUT2D eigenvalue weighted by Crippen LogP contribution is 2.42. The number of phenolic OH excluding ortho intramolecular Hbond substituents is 1. The zero-order valence-electron chi connectivity index (χ0n) is 19.4. The molecule has 0 fully saturated rings. The van der Waals surface area contributed by atoms with E-state index in [1.807, 2.05) is 50.2 Å². The maximum atomic E-state index is 13.0. The Morgan fingerprint density at radius 3 is 2.53 bits per heavy atom. The van der Waals surface area contributed by atoms with Gasteiger partial charge in [0.15, 0.2) is 11.5 Å². The average molecular weight is 484 g/mol. The third-order valence-corrected chi connectivity index (χ3v) is 5.86. The van der Waals surface area contributed by atoms with Crippen molar-refractivity contribution in [3.8, 4) is 11.5 Å². The first-order valence-electron chi connectivity index (χ1n) is 10.8. The molecule has 1 atom stereocenters. The van der Waals surface area contributed by atoms with Gasteiger partial charge >= 0.3 is 12.1 Å². The molecular weight excluding hydrogens is 454 g/mol. The topological polar surface area (TPSA) is 94.1 Å². The SMILES string of the molecule is COc1ccc([C@H](OC(=O)Nc2cccc3ccccc23)C(C)(C)CCOC(=O)CS)cc1O. The van der Waals surface area contributed by atoms with E-state index in [9.17, 15) is 14.7 Å². The average Bonchev–Trinajstić information content (AvgIpc) is 2.82. The van der Waals surface area contributed by atoms with Crippen molar-refractivity contribution in [2.24, 2.45) is 5.41 Å². The number of phenols is 1. The number of nitrogens with one attached hydrogen (secondary N) is 1. The molecule has 0 saturated heterocycles. The van der Waals surface area contributed by atoms with E-state index in [-0.39, 0.29) is 18.1 Å². The lowest BCUT2D eigenvalue weighted by atomic mass is 9.79. The molecule has 3 aromatic carbocycles. The van der Waals surface area contributed by atoms with Gasteiger partial charge in [0.05, 0.1) is 25.2 Å². The summed E-state index contributed by atoms with van der Waals surface area (Å²) in [6.45, 7) is 3.94. The number of carbonyl (C=O) groups excluding carboxylic acids is 2. The molecule has 0 heterocycles. The molecule has 3 rings (SSSR count). The Hall–Kier alpha value is -3.39. The predicted octanol–water partition coefficient (Wildman–Crippen LogP) is 5.73. The minimum absolute atomic E-state index is 0.0137. The van der Waals surface area contributed by atoms with Crippen LogP contribution in [0.15, 0.2) is 60.7 Å². The van der Waals surface area contributed by atoms with Gasteiger partial charge in [0.2, 0.25) is 0 Å². The van der Waals surface area contributed by atoms with Gasteiger partial charge in [-0.25, -0.2) is 4.79 Å². The summed E-state index contributed by atoms with van der Waals surface area (Å²) in [4.78, 5) is 24.5. The first-order valence-corrected chi connectivity index (χ1v) is 11.5. The number of anilines is 1. The van der Waals surface area contributed by atoms with E-state index < -0.39 is 23.6 Å². The number of carbonyl (C=O) groups is 2. The number of rotatable bonds is 9. The monoisotopic (exact) mass is 483 g/mol. The minimum atomic E-state index is -0.756. The van der Waals surface area contributed by atoms with Crippen LogP contribution in [0.1, 0.15) is 31.9 Å². The van der Waals surface area contributed by atoms with Crippen molar-refractivity contribution in [1.29, 1.82) is 0 Å². The van der Waals surface area contributed by atoms with E-state index in [0.29, 0.717) is 23.4 Å². The van der Waals surface area contributed by atoms with E-state index >= 15 is 0 Å². The first-order chi connectivity index (χ1) is 16.2. The number of ether oxygens (including phenoxy) is 3. The summed E-state index contributed by atoms with van der Waals surface area (Å²) in [5.74, 6) is -0.198. The second-order valence-corrected chi connectivity index (χ2v) is 8.80. The molecule has 0 aliphatic heterocycles. The van der Waals surface area contributed by atoms with Crippen molar-refractivity contribution < 1.29 is 28.9 Å². The largest absolute Gasteiger partial charge is 0.504 e. The smallest absolute Gasteiger partial charge is 0.412 e. The van der Waals surface area contributed by atoms with E-state index in [2.05, 4.69) is 17.9 Å². The van der Waals surface area contributed by atoms with Gasteiger partial charge in [0.1, 0.15) is 6.10 Å². The highest BCUT2D eigenvalue weighted by molar-refractivity contribution is 7.81. The molecule has 7 nitrogen and oxygen atoms in total. The molecule has 180 valence electrons. The fourth-order valence-corrected chi connectivity index (χ4v) is 3.83. The van der Waals surface area contributed by atoms with Crippen LogP contribution in [-0.4, -0.2) is 36.6 Å². The molecule has 34 heavy (non-hydrogen) atoms. The van der Waals surface area contributed by atoms with Gasteiger partial charge in [0.25, 0.3) is 0 Å². The van der Waals surface area contributed by atoms with Gasteiger partial charge in [0, 0.05) is 10.8 Å². The van der Waals surface area contributed by atoms with Crippen molar-refractivity contribution in [3.63, 3.8) is 0 Å². The highest BCUT2D eigenvalue weighted by Gasteiger charge is 2.35. The number of benzene rings is 3. The summed E-state index contributed by atoms with van der Waals surface area (Å²) in [6, 6.07) is 18.2. The lowest BCUT2D eigenvalue weighted by molar-refractivity contribution is -0.141. The molecule has 0 unspecified atom stereocenters. The number of esters is 1. The summed E-state index contributed by atoms with van der Waals surface area (Å²) < 4.78 is 16.2. The summed E-state index contributed by atoms with van der Waals surface area (Å²) >= 11 is 3.92. The summed E-state index contributed by atoms with van der Waals surface area (Å²) in [6.07, 6.45) is -0.989. The number of methoxy groups -OCH3 is 1. The summed E-state index contributed by atoms with van der Waals surface area (Å²) in [7, 11) is 1.46. The van der Waals surface area contributed by atoms with Crippen molar-refractivity contribution >= 4 is 41.2 Å². The number of hydrogen-bond acceptors (Lipinski definition) is 7. The Bertz CT molecular complexity index is 1160. The van der Waals surface area contributed by atoms with Gasteiger partial charge < -0.3 is 19.3 Å². The zero-order chi connectivity index (χ0) is 24.7. The van der Waals surface area contributed by atoms with Crippen molar-refractivity contribution in [3.05, 3.63) is 66.2 Å². The standard InChI is InChI=1S/C26H29NO6S/c1-26(2,13-14-32-23(29)16-34)24(18-11-12-22(31-3)21(28)15-18)33-25(30)27-20-10-6-8-17-7-4-5-9-19(17)20/h4-12,15,24,28,34H,13-14,16H2,1-3H3,(H,27,30)/t24-/m0/s1. The molecule has 0 radical (unpaired) electrons. The van der Waals surface area contributed by atoms with Crippen LogP contribution in [-0.2, 0) is 14.3 Å². The van der Waals surface area contributed by atoms with Gasteiger partial charge in [-0.05, 0) is 35.6 Å². The number of fused-ring (bicyclic) bond motifs is 1. The van der Waals surface area contributed by atoms with Crippen LogP contribution in [0, 0.1) is 5.41 Å². The van der Waals surface area contributed by atoms with Crippen molar-refractivity contribution in [2.45, 2.75) is 26.4 Å². The third kappa shape index (κ3) is 6.14. The van der Waals surface area contributed by atoms with Gasteiger partial charge in [-0.15, -0.1) is 0 Å². The molecule has 2 N–H and O–H groups in total. The minimum Gasteiger partial charge on any atom is -0.504 e. The Morgan fingerprint density at radius 1 is 1.09 bits per heavy atom. The van der Waals surface area contributed by atoms with Crippen LogP contribution >= 0.6 is 12.6 Å². The molecule has 0 spiro atoms. The predicted molar refractivity (Wildman–Crippen MR) is 135 cm³/mol. The highest BCUT2D eigenvalue weighted by atomic mass is 32.1. The third-order valence-electron chi connectivity index (χ3n) is 5.61. The number of thiol groups is 1. The van der Waals surface area contributed by atoms with Crippen LogP contribution in [0.25, 0.3) is 10.8 Å². The molecule has 0 bridgehead atoms. The Balaban J connectivity index is 1.85. The van der Waals surface area contributed by atoms with Crippen LogP contribution in [0.5, 0.6) is 11.5 Å². The van der Waals surface area contributed by atoms with Crippen molar-refractivity contribution in [2.75, 3.05) is 24.8 Å². The molecule has 1 amide bonds. The summed E-state index contributed by atoms with van der Waals surface area (Å²) in [5.41, 5.74) is 0.561. The van der Waals surface area contributed by atoms with Crippen LogP contribution in [0.4, 0.5) is 10.5 Å². The Kier molecular flexibility index (Phi) is 8.28. The van der Waals surface area contributed by atoms with Gasteiger partial charge in [-0.2, -0.15) is 12.6 Å². The number of aromatic hydroxyl groups is 1. The summed E-state index contributed by atoms with van der Waals surface area (Å²) in [5, 5.41) is 15.0. The zero-order valence-corrected chi connectivity index (χ0v) is 20.3. The fraction of sp³-hybridized carbons (Fsp3) is 0.308. The molecule has 3 aromatic rings. The molecule has 0 aliphatic rings. The lowest BCUT2D eigenvalue weighted by Gasteiger charge is -2.34. The molecule has 8 heteroatoms. The molecule has 0 aromatic heterocycles. The Morgan fingerprint density at radius 2 is 1.82 bits per heavy atom. The van der Waals surface area contributed by atoms with E-state index in [1.165, 1.54) is 13.2 Å². The molecule has 0 aliphatic carbocycles. The van der Waals surface area contributed by atoms with Crippen molar-refractivity contribution in [1.82, 2.24) is 0 Å². The quantitative estimate of drug-likeness (QED) is 0.266. The Labute approximate surface area is 204 Å². The van der Waals surface area contributed by atoms with Crippen LogP contribution < -0.4 is 10.1 Å². The van der Waals surface area contributed by atoms with E-state index in [4.69, 9.17) is 14.2 Å². The first kappa shape index (κ1) is 25.2. The van der Waals surface area contributed by atoms with E-state index in [1.54, 1.807) is 18.2 Å². The maximum Gasteiger partial charge on any atom is 0.412 e. The van der Waals surface area contributed by atoms with Crippen LogP contribution in [0.2, 0.25) is 0 Å². The molecular formula is C26H29NO6S. The lowest BCUT2D eigenvalue weighted by Crippen LogP contribution is -2.30. The second-order valence-electron chi connectivity index (χ2n) is 8.49. The second kappa shape index (κ2) is 11.2. The van der Waals surface area contributed by atoms with Crippen LogP contribution in [0.3, 0.4) is 0 Å². The molecule has 0 saturated carbocycles. The maximum absolute atomic E-state index is 13.0. The normalized spacial score (nSPS) is 12.1. The van der Waals surface area contributed by atoms with E-state index in [0.717, 1.165) is 10.8 Å². The van der Waals surface area contributed by atoms with Gasteiger partial charge in [-0.3, -0.25) is 10.1 Å². The fourth-order valence-electron chi connectivity index (χ4n) is 3.73. The number of amides is 1. The van der Waals surface area contributed by atoms with Gasteiger partial charge in [-0.1, -0.05) is 56.3 Å².